The fourth-order valence-corrected chi connectivity index (χ4v) is 4.42. The van der Waals surface area contributed by atoms with Gasteiger partial charge in [-0.2, -0.15) is 0 Å². The van der Waals surface area contributed by atoms with Crippen molar-refractivity contribution in [3.63, 3.8) is 0 Å². The van der Waals surface area contributed by atoms with Crippen LogP contribution in [0.25, 0.3) is 32.5 Å². The Balaban J connectivity index is 1.73. The Kier molecular flexibility index (Phi) is 4.77. The van der Waals surface area contributed by atoms with E-state index in [0.29, 0.717) is 21.5 Å². The lowest BCUT2D eigenvalue weighted by atomic mass is 10.1. The molecule has 0 N–H and O–H groups in total. The first-order valence-electron chi connectivity index (χ1n) is 9.39. The molecule has 4 nitrogen and oxygen atoms in total. The normalized spacial score (nSPS) is 12.0. The molecule has 2 heterocycles. The van der Waals surface area contributed by atoms with Gasteiger partial charge in [-0.15, -0.1) is 0 Å². The van der Waals surface area contributed by atoms with Crippen LogP contribution in [0.5, 0.6) is 5.75 Å². The first-order valence-corrected chi connectivity index (χ1v) is 10.6. The summed E-state index contributed by atoms with van der Waals surface area (Å²) >= 11 is 7.82. The van der Waals surface area contributed by atoms with Crippen LogP contribution in [0.1, 0.15) is 5.56 Å². The van der Waals surface area contributed by atoms with Crippen LogP contribution < -0.4 is 10.1 Å². The molecule has 0 aliphatic carbocycles. The molecule has 6 heteroatoms. The number of rotatable bonds is 3. The summed E-state index contributed by atoms with van der Waals surface area (Å²) in [6, 6.07) is 21.4. The van der Waals surface area contributed by atoms with Crippen molar-refractivity contribution in [3.8, 4) is 17.1 Å². The Morgan fingerprint density at radius 3 is 2.63 bits per heavy atom. The molecule has 0 bridgehead atoms. The maximum absolute atomic E-state index is 6.26. The Bertz CT molecular complexity index is 1450. The summed E-state index contributed by atoms with van der Waals surface area (Å²) in [6.07, 6.45) is 0. The molecule has 3 aromatic carbocycles. The molecule has 0 radical (unpaired) electrons. The Labute approximate surface area is 182 Å². The van der Waals surface area contributed by atoms with Gasteiger partial charge in [-0.05, 0) is 67.1 Å². The van der Waals surface area contributed by atoms with Crippen LogP contribution in [0.4, 0.5) is 5.13 Å². The SMILES string of the molecule is COc1ccc(-c2c/c(=N\c3nc4ccc(C)cc4s3)c3cc(Cl)ccc3o2)cc1. The first kappa shape index (κ1) is 18.9. The molecule has 0 spiro atoms. The monoisotopic (exact) mass is 432 g/mol. The van der Waals surface area contributed by atoms with Gasteiger partial charge in [0, 0.05) is 22.0 Å². The van der Waals surface area contributed by atoms with E-state index in [9.17, 15) is 0 Å². The van der Waals surface area contributed by atoms with E-state index in [4.69, 9.17) is 25.7 Å². The number of aromatic nitrogens is 1. The van der Waals surface area contributed by atoms with Crippen molar-refractivity contribution in [1.29, 1.82) is 0 Å². The lowest BCUT2D eigenvalue weighted by molar-refractivity contribution is 0.415. The molecule has 0 fully saturated rings. The van der Waals surface area contributed by atoms with E-state index in [1.54, 1.807) is 18.4 Å². The highest BCUT2D eigenvalue weighted by Crippen LogP contribution is 2.30. The molecule has 0 amide bonds. The summed E-state index contributed by atoms with van der Waals surface area (Å²) in [6.45, 7) is 2.07. The molecule has 2 aromatic heterocycles. The lowest BCUT2D eigenvalue weighted by Gasteiger charge is -2.06. The van der Waals surface area contributed by atoms with Crippen LogP contribution >= 0.6 is 22.9 Å². The van der Waals surface area contributed by atoms with Gasteiger partial charge in [-0.3, -0.25) is 0 Å². The smallest absolute Gasteiger partial charge is 0.210 e. The molecule has 0 aliphatic heterocycles. The highest BCUT2D eigenvalue weighted by atomic mass is 35.5. The maximum atomic E-state index is 6.26. The van der Waals surface area contributed by atoms with Gasteiger partial charge in [-0.25, -0.2) is 9.98 Å². The number of hydrogen-bond acceptors (Lipinski definition) is 5. The topological polar surface area (TPSA) is 47.6 Å². The van der Waals surface area contributed by atoms with Gasteiger partial charge < -0.3 is 9.15 Å². The minimum absolute atomic E-state index is 0.631. The summed E-state index contributed by atoms with van der Waals surface area (Å²) in [5.74, 6) is 1.50. The predicted molar refractivity (Wildman–Crippen MR) is 123 cm³/mol. The molecular weight excluding hydrogens is 416 g/mol. The third-order valence-corrected chi connectivity index (χ3v) is 5.98. The number of hydrogen-bond donors (Lipinski definition) is 0. The molecule has 148 valence electrons. The van der Waals surface area contributed by atoms with E-state index >= 15 is 0 Å². The molecular formula is C24H17ClN2O2S. The van der Waals surface area contributed by atoms with Crippen LogP contribution in [0.2, 0.25) is 5.02 Å². The summed E-state index contributed by atoms with van der Waals surface area (Å²) < 4.78 is 12.5. The molecule has 5 aromatic rings. The number of ether oxygens (including phenoxy) is 1. The second-order valence-corrected chi connectivity index (χ2v) is 8.39. The summed E-state index contributed by atoms with van der Waals surface area (Å²) in [5, 5.41) is 2.94. The van der Waals surface area contributed by atoms with Gasteiger partial charge in [0.1, 0.15) is 17.1 Å². The number of fused-ring (bicyclic) bond motifs is 2. The highest BCUT2D eigenvalue weighted by molar-refractivity contribution is 7.21. The van der Waals surface area contributed by atoms with Gasteiger partial charge in [0.2, 0.25) is 5.13 Å². The molecule has 0 unspecified atom stereocenters. The van der Waals surface area contributed by atoms with Gasteiger partial charge in [0.15, 0.2) is 0 Å². The molecule has 0 saturated carbocycles. The quantitative estimate of drug-likeness (QED) is 0.311. The standard InChI is InChI=1S/C24H17ClN2O2S/c1-14-3-9-19-23(11-14)30-24(26-19)27-20-13-22(15-4-7-17(28-2)8-5-15)29-21-10-6-16(25)12-18(20)21/h3-13H,1-2H3/b27-20+. The maximum Gasteiger partial charge on any atom is 0.210 e. The van der Waals surface area contributed by atoms with Crippen molar-refractivity contribution in [2.75, 3.05) is 7.11 Å². The van der Waals surface area contributed by atoms with Crippen LogP contribution in [0, 0.1) is 6.92 Å². The first-order chi connectivity index (χ1) is 14.6. The van der Waals surface area contributed by atoms with E-state index in [-0.39, 0.29) is 0 Å². The summed E-state index contributed by atoms with van der Waals surface area (Å²) in [5.41, 5.74) is 3.80. The number of methoxy groups -OCH3 is 1. The van der Waals surface area contributed by atoms with E-state index in [1.165, 1.54) is 5.56 Å². The zero-order valence-corrected chi connectivity index (χ0v) is 17.9. The molecule has 5 rings (SSSR count). The van der Waals surface area contributed by atoms with Crippen LogP contribution in [-0.4, -0.2) is 12.1 Å². The van der Waals surface area contributed by atoms with Crippen molar-refractivity contribution in [2.24, 2.45) is 4.99 Å². The number of aryl methyl sites for hydroxylation is 1. The zero-order chi connectivity index (χ0) is 20.7. The van der Waals surface area contributed by atoms with Crippen molar-refractivity contribution < 1.29 is 9.15 Å². The minimum atomic E-state index is 0.631. The summed E-state index contributed by atoms with van der Waals surface area (Å²) in [7, 11) is 1.65. The van der Waals surface area contributed by atoms with Crippen LogP contribution in [-0.2, 0) is 0 Å². The van der Waals surface area contributed by atoms with Gasteiger partial charge in [0.05, 0.1) is 22.7 Å². The third-order valence-electron chi connectivity index (χ3n) is 4.83. The number of thiazole rings is 1. The largest absolute Gasteiger partial charge is 0.497 e. The summed E-state index contributed by atoms with van der Waals surface area (Å²) in [4.78, 5) is 9.54. The van der Waals surface area contributed by atoms with Crippen molar-refractivity contribution >= 4 is 49.3 Å². The average molecular weight is 433 g/mol. The third kappa shape index (κ3) is 3.58. The van der Waals surface area contributed by atoms with E-state index in [1.807, 2.05) is 54.6 Å². The van der Waals surface area contributed by atoms with Gasteiger partial charge in [-0.1, -0.05) is 29.0 Å². The molecule has 0 saturated heterocycles. The number of benzene rings is 3. The van der Waals surface area contributed by atoms with E-state index in [2.05, 4.69) is 24.0 Å². The van der Waals surface area contributed by atoms with Crippen molar-refractivity contribution in [1.82, 2.24) is 4.98 Å². The average Bonchev–Trinajstić information content (AvgIpc) is 3.15. The van der Waals surface area contributed by atoms with Crippen molar-refractivity contribution in [3.05, 3.63) is 82.7 Å². The number of nitrogens with zero attached hydrogens (tertiary/aromatic N) is 2. The van der Waals surface area contributed by atoms with Gasteiger partial charge >= 0.3 is 0 Å². The fourth-order valence-electron chi connectivity index (χ4n) is 3.30. The minimum Gasteiger partial charge on any atom is -0.497 e. The molecule has 30 heavy (non-hydrogen) atoms. The Morgan fingerprint density at radius 2 is 1.83 bits per heavy atom. The van der Waals surface area contributed by atoms with Crippen molar-refractivity contribution in [2.45, 2.75) is 6.92 Å². The lowest BCUT2D eigenvalue weighted by Crippen LogP contribution is -2.03. The van der Waals surface area contributed by atoms with Gasteiger partial charge in [0.25, 0.3) is 0 Å². The van der Waals surface area contributed by atoms with E-state index < -0.39 is 0 Å². The predicted octanol–water partition coefficient (Wildman–Crippen LogP) is 6.91. The van der Waals surface area contributed by atoms with Crippen LogP contribution in [0.15, 0.2) is 76.1 Å². The Morgan fingerprint density at radius 1 is 1.00 bits per heavy atom. The second-order valence-electron chi connectivity index (χ2n) is 6.94. The zero-order valence-electron chi connectivity index (χ0n) is 16.3. The van der Waals surface area contributed by atoms with Crippen LogP contribution in [0.3, 0.4) is 0 Å². The Hall–Kier alpha value is -3.15. The highest BCUT2D eigenvalue weighted by Gasteiger charge is 2.09. The second kappa shape index (κ2) is 7.59. The molecule has 0 atom stereocenters. The molecule has 0 aliphatic rings. The van der Waals surface area contributed by atoms with E-state index in [0.717, 1.165) is 32.3 Å². The fraction of sp³-hybridized carbons (Fsp3) is 0.0833. The number of halogens is 1.